The monoisotopic (exact) mass is 224 g/mol. The van der Waals surface area contributed by atoms with Crippen molar-refractivity contribution in [1.82, 2.24) is 9.80 Å². The van der Waals surface area contributed by atoms with Gasteiger partial charge in [0.15, 0.2) is 0 Å². The van der Waals surface area contributed by atoms with E-state index in [9.17, 15) is 0 Å². The van der Waals surface area contributed by atoms with E-state index in [1.54, 1.807) is 0 Å². The maximum Gasteiger partial charge on any atom is 0.0120 e. The third kappa shape index (κ3) is 2.98. The molecule has 0 spiro atoms. The van der Waals surface area contributed by atoms with Crippen LogP contribution in [0.25, 0.3) is 0 Å². The number of likely N-dealkylation sites (tertiary alicyclic amines) is 2. The lowest BCUT2D eigenvalue weighted by Crippen LogP contribution is -2.55. The van der Waals surface area contributed by atoms with Gasteiger partial charge in [0.1, 0.15) is 0 Å². The first-order valence-electron chi connectivity index (χ1n) is 7.15. The molecule has 94 valence electrons. The van der Waals surface area contributed by atoms with E-state index < -0.39 is 0 Å². The Morgan fingerprint density at radius 3 is 2.25 bits per heavy atom. The number of hydrogen-bond acceptors (Lipinski definition) is 2. The van der Waals surface area contributed by atoms with Gasteiger partial charge in [-0.15, -0.1) is 0 Å². The van der Waals surface area contributed by atoms with Gasteiger partial charge < -0.3 is 4.90 Å². The van der Waals surface area contributed by atoms with Gasteiger partial charge in [0.2, 0.25) is 0 Å². The highest BCUT2D eigenvalue weighted by molar-refractivity contribution is 4.88. The second kappa shape index (κ2) is 5.50. The predicted molar refractivity (Wildman–Crippen MR) is 69.7 cm³/mol. The molecule has 2 saturated heterocycles. The van der Waals surface area contributed by atoms with Gasteiger partial charge >= 0.3 is 0 Å². The van der Waals surface area contributed by atoms with E-state index in [4.69, 9.17) is 0 Å². The number of nitrogens with zero attached hydrogens (tertiary/aromatic N) is 2. The smallest absolute Gasteiger partial charge is 0.0120 e. The summed E-state index contributed by atoms with van der Waals surface area (Å²) in [5, 5.41) is 0. The molecule has 0 amide bonds. The zero-order chi connectivity index (χ0) is 11.5. The van der Waals surface area contributed by atoms with Crippen molar-refractivity contribution >= 4 is 0 Å². The molecule has 0 aliphatic carbocycles. The van der Waals surface area contributed by atoms with Gasteiger partial charge in [-0.1, -0.05) is 20.8 Å². The normalized spacial score (nSPS) is 26.2. The van der Waals surface area contributed by atoms with Crippen molar-refractivity contribution in [1.29, 1.82) is 0 Å². The van der Waals surface area contributed by atoms with Crippen molar-refractivity contribution in [3.63, 3.8) is 0 Å². The first-order chi connectivity index (χ1) is 7.69. The third-order valence-electron chi connectivity index (χ3n) is 4.31. The highest BCUT2D eigenvalue weighted by atomic mass is 15.2. The van der Waals surface area contributed by atoms with Gasteiger partial charge in [0, 0.05) is 19.1 Å². The second-order valence-corrected chi connectivity index (χ2v) is 6.11. The lowest BCUT2D eigenvalue weighted by Gasteiger charge is -2.47. The van der Waals surface area contributed by atoms with Crippen LogP contribution in [0.15, 0.2) is 0 Å². The third-order valence-corrected chi connectivity index (χ3v) is 4.31. The Kier molecular flexibility index (Phi) is 4.26. The SMILES string of the molecule is CCN1CCC(N2CC(CC(C)C)C2)CC1. The fourth-order valence-corrected chi connectivity index (χ4v) is 3.32. The van der Waals surface area contributed by atoms with Crippen LogP contribution in [0.3, 0.4) is 0 Å². The first-order valence-corrected chi connectivity index (χ1v) is 7.15. The minimum absolute atomic E-state index is 0.883. The van der Waals surface area contributed by atoms with Gasteiger partial charge in [-0.25, -0.2) is 0 Å². The number of hydrogen-bond donors (Lipinski definition) is 0. The van der Waals surface area contributed by atoms with Gasteiger partial charge in [0.25, 0.3) is 0 Å². The van der Waals surface area contributed by atoms with Crippen LogP contribution in [0, 0.1) is 11.8 Å². The van der Waals surface area contributed by atoms with Crippen molar-refractivity contribution in [2.24, 2.45) is 11.8 Å². The Hall–Kier alpha value is -0.0800. The molecule has 2 aliphatic heterocycles. The zero-order valence-electron chi connectivity index (χ0n) is 11.3. The molecular formula is C14H28N2. The summed E-state index contributed by atoms with van der Waals surface area (Å²) in [6.45, 7) is 13.6. The van der Waals surface area contributed by atoms with Crippen molar-refractivity contribution in [3.05, 3.63) is 0 Å². The van der Waals surface area contributed by atoms with Crippen LogP contribution in [-0.4, -0.2) is 48.6 Å². The number of rotatable bonds is 4. The summed E-state index contributed by atoms with van der Waals surface area (Å²) in [5.41, 5.74) is 0. The average Bonchev–Trinajstić information content (AvgIpc) is 2.23. The van der Waals surface area contributed by atoms with Crippen molar-refractivity contribution in [3.8, 4) is 0 Å². The fraction of sp³-hybridized carbons (Fsp3) is 1.00. The molecule has 0 saturated carbocycles. The Labute approximate surface area is 101 Å². The molecule has 2 rings (SSSR count). The molecule has 2 nitrogen and oxygen atoms in total. The maximum absolute atomic E-state index is 2.74. The summed E-state index contributed by atoms with van der Waals surface area (Å²) >= 11 is 0. The Bertz CT molecular complexity index is 201. The first kappa shape index (κ1) is 12.4. The maximum atomic E-state index is 2.74. The summed E-state index contributed by atoms with van der Waals surface area (Å²) in [5.74, 6) is 1.89. The van der Waals surface area contributed by atoms with E-state index in [-0.39, 0.29) is 0 Å². The lowest BCUT2D eigenvalue weighted by atomic mass is 9.87. The molecule has 16 heavy (non-hydrogen) atoms. The van der Waals surface area contributed by atoms with Gasteiger partial charge in [0.05, 0.1) is 0 Å². The summed E-state index contributed by atoms with van der Waals surface area (Å²) < 4.78 is 0. The molecule has 0 atom stereocenters. The molecule has 0 N–H and O–H groups in total. The largest absolute Gasteiger partial charge is 0.303 e. The van der Waals surface area contributed by atoms with Crippen LogP contribution in [0.1, 0.15) is 40.0 Å². The van der Waals surface area contributed by atoms with Crippen LogP contribution in [0.2, 0.25) is 0 Å². The molecule has 0 bridgehead atoms. The molecule has 2 heteroatoms. The van der Waals surface area contributed by atoms with E-state index in [2.05, 4.69) is 30.6 Å². The molecule has 2 fully saturated rings. The molecule has 0 aromatic carbocycles. The van der Waals surface area contributed by atoms with E-state index in [1.165, 1.54) is 52.0 Å². The Balaban J connectivity index is 1.65. The summed E-state index contributed by atoms with van der Waals surface area (Å²) in [4.78, 5) is 5.32. The van der Waals surface area contributed by atoms with Gasteiger partial charge in [-0.05, 0) is 50.7 Å². The van der Waals surface area contributed by atoms with Gasteiger partial charge in [-0.2, -0.15) is 0 Å². The second-order valence-electron chi connectivity index (χ2n) is 6.11. The predicted octanol–water partition coefficient (Wildman–Crippen LogP) is 2.45. The molecule has 0 unspecified atom stereocenters. The zero-order valence-corrected chi connectivity index (χ0v) is 11.3. The van der Waals surface area contributed by atoms with E-state index in [0.717, 1.165) is 17.9 Å². The average molecular weight is 224 g/mol. The molecular weight excluding hydrogens is 196 g/mol. The van der Waals surface area contributed by atoms with E-state index in [0.29, 0.717) is 0 Å². The summed E-state index contributed by atoms with van der Waals surface area (Å²) in [6.07, 6.45) is 4.24. The van der Waals surface area contributed by atoms with Crippen LogP contribution >= 0.6 is 0 Å². The topological polar surface area (TPSA) is 6.48 Å². The summed E-state index contributed by atoms with van der Waals surface area (Å²) in [7, 11) is 0. The lowest BCUT2D eigenvalue weighted by molar-refractivity contribution is 0.0125. The standard InChI is InChI=1S/C14H28N2/c1-4-15-7-5-14(6-8-15)16-10-13(11-16)9-12(2)3/h12-14H,4-11H2,1-3H3. The summed E-state index contributed by atoms with van der Waals surface area (Å²) in [6, 6.07) is 0.909. The van der Waals surface area contributed by atoms with E-state index >= 15 is 0 Å². The molecule has 2 heterocycles. The van der Waals surface area contributed by atoms with Crippen molar-refractivity contribution < 1.29 is 0 Å². The Morgan fingerprint density at radius 2 is 1.75 bits per heavy atom. The highest BCUT2D eigenvalue weighted by Crippen LogP contribution is 2.28. The van der Waals surface area contributed by atoms with Crippen LogP contribution in [0.4, 0.5) is 0 Å². The van der Waals surface area contributed by atoms with Crippen LogP contribution in [0.5, 0.6) is 0 Å². The quantitative estimate of drug-likeness (QED) is 0.724. The van der Waals surface area contributed by atoms with Crippen molar-refractivity contribution in [2.45, 2.75) is 46.1 Å². The van der Waals surface area contributed by atoms with E-state index in [1.807, 2.05) is 0 Å². The molecule has 2 aliphatic rings. The minimum atomic E-state index is 0.883. The van der Waals surface area contributed by atoms with Crippen LogP contribution in [-0.2, 0) is 0 Å². The molecule has 0 aromatic rings. The number of piperidine rings is 1. The van der Waals surface area contributed by atoms with Crippen molar-refractivity contribution in [2.75, 3.05) is 32.7 Å². The Morgan fingerprint density at radius 1 is 1.12 bits per heavy atom. The molecule has 0 aromatic heterocycles. The minimum Gasteiger partial charge on any atom is -0.303 e. The highest BCUT2D eigenvalue weighted by Gasteiger charge is 2.33. The fourth-order valence-electron chi connectivity index (χ4n) is 3.32. The van der Waals surface area contributed by atoms with Crippen LogP contribution < -0.4 is 0 Å². The van der Waals surface area contributed by atoms with Gasteiger partial charge in [-0.3, -0.25) is 4.90 Å². The molecule has 0 radical (unpaired) electrons.